The second-order valence-corrected chi connectivity index (χ2v) is 9.16. The van der Waals surface area contributed by atoms with E-state index >= 15 is 0 Å². The Kier molecular flexibility index (Phi) is 5.72. The third-order valence-corrected chi connectivity index (χ3v) is 5.44. The van der Waals surface area contributed by atoms with Crippen LogP contribution in [0.2, 0.25) is 5.02 Å². The van der Waals surface area contributed by atoms with Crippen molar-refractivity contribution >= 4 is 21.4 Å². The van der Waals surface area contributed by atoms with E-state index in [1.165, 1.54) is 0 Å². The standard InChI is InChI=1S/C17H21ClN2O5S/c1-11(2)6-16-19-15(20-25-16)10-26(21,22)9-12-7-13(18)17-14(8-12)23-4-3-5-24-17/h7-8,11H,3-6,9-10H2,1-2H3. The lowest BCUT2D eigenvalue weighted by Crippen LogP contribution is -2.09. The molecular weight excluding hydrogens is 380 g/mol. The number of rotatable bonds is 6. The molecule has 0 fully saturated rings. The first-order chi connectivity index (χ1) is 12.3. The maximum absolute atomic E-state index is 12.5. The van der Waals surface area contributed by atoms with Gasteiger partial charge in [-0.3, -0.25) is 0 Å². The number of benzene rings is 1. The minimum absolute atomic E-state index is 0.168. The average Bonchev–Trinajstić information content (AvgIpc) is 2.80. The summed E-state index contributed by atoms with van der Waals surface area (Å²) in [5, 5.41) is 4.10. The van der Waals surface area contributed by atoms with Gasteiger partial charge in [0.15, 0.2) is 27.2 Å². The average molecular weight is 401 g/mol. The third-order valence-electron chi connectivity index (χ3n) is 3.69. The molecule has 0 saturated carbocycles. The number of hydrogen-bond donors (Lipinski definition) is 0. The van der Waals surface area contributed by atoms with Crippen molar-refractivity contribution in [2.24, 2.45) is 5.92 Å². The van der Waals surface area contributed by atoms with Gasteiger partial charge in [0, 0.05) is 12.8 Å². The molecule has 7 nitrogen and oxygen atoms in total. The molecule has 0 radical (unpaired) electrons. The summed E-state index contributed by atoms with van der Waals surface area (Å²) in [5.41, 5.74) is 0.533. The van der Waals surface area contributed by atoms with Gasteiger partial charge in [-0.2, -0.15) is 4.98 Å². The van der Waals surface area contributed by atoms with Crippen LogP contribution in [0, 0.1) is 5.92 Å². The van der Waals surface area contributed by atoms with Gasteiger partial charge in [-0.05, 0) is 23.6 Å². The van der Waals surface area contributed by atoms with E-state index in [1.807, 2.05) is 13.8 Å². The van der Waals surface area contributed by atoms with E-state index in [0.717, 1.165) is 6.42 Å². The van der Waals surface area contributed by atoms with Crippen LogP contribution in [-0.2, 0) is 27.8 Å². The fraction of sp³-hybridized carbons (Fsp3) is 0.529. The van der Waals surface area contributed by atoms with Crippen LogP contribution < -0.4 is 9.47 Å². The van der Waals surface area contributed by atoms with Gasteiger partial charge in [0.25, 0.3) is 0 Å². The zero-order valence-electron chi connectivity index (χ0n) is 14.7. The number of hydrogen-bond acceptors (Lipinski definition) is 7. The summed E-state index contributed by atoms with van der Waals surface area (Å²) in [6.07, 6.45) is 1.36. The highest BCUT2D eigenvalue weighted by Gasteiger charge is 2.21. The minimum Gasteiger partial charge on any atom is -0.489 e. The summed E-state index contributed by atoms with van der Waals surface area (Å²) >= 11 is 6.22. The Bertz CT molecular complexity index is 879. The van der Waals surface area contributed by atoms with Crippen molar-refractivity contribution in [2.75, 3.05) is 13.2 Å². The summed E-state index contributed by atoms with van der Waals surface area (Å²) in [6.45, 7) is 5.06. The smallest absolute Gasteiger partial charge is 0.226 e. The molecule has 0 N–H and O–H groups in total. The van der Waals surface area contributed by atoms with Gasteiger partial charge in [0.05, 0.1) is 24.0 Å². The number of ether oxygens (including phenoxy) is 2. The lowest BCUT2D eigenvalue weighted by atomic mass is 10.1. The van der Waals surface area contributed by atoms with E-state index in [1.54, 1.807) is 12.1 Å². The molecule has 0 spiro atoms. The topological polar surface area (TPSA) is 91.5 Å². The number of nitrogens with zero attached hydrogens (tertiary/aromatic N) is 2. The summed E-state index contributed by atoms with van der Waals surface area (Å²) in [7, 11) is -3.50. The summed E-state index contributed by atoms with van der Waals surface area (Å²) in [6, 6.07) is 3.25. The highest BCUT2D eigenvalue weighted by Crippen LogP contribution is 2.38. The van der Waals surface area contributed by atoms with Crippen LogP contribution in [0.3, 0.4) is 0 Å². The normalized spacial score (nSPS) is 14.5. The van der Waals surface area contributed by atoms with Crippen molar-refractivity contribution in [3.05, 3.63) is 34.4 Å². The Morgan fingerprint density at radius 3 is 2.73 bits per heavy atom. The van der Waals surface area contributed by atoms with Crippen LogP contribution in [0.1, 0.15) is 37.5 Å². The second kappa shape index (κ2) is 7.84. The van der Waals surface area contributed by atoms with Crippen LogP contribution in [0.25, 0.3) is 0 Å². The number of halogens is 1. The van der Waals surface area contributed by atoms with Gasteiger partial charge < -0.3 is 14.0 Å². The Morgan fingerprint density at radius 1 is 1.19 bits per heavy atom. The molecule has 0 aliphatic carbocycles. The molecule has 2 heterocycles. The highest BCUT2D eigenvalue weighted by atomic mass is 35.5. The molecule has 1 aromatic carbocycles. The van der Waals surface area contributed by atoms with Gasteiger partial charge in [-0.1, -0.05) is 30.6 Å². The van der Waals surface area contributed by atoms with E-state index in [4.69, 9.17) is 25.6 Å². The van der Waals surface area contributed by atoms with E-state index in [2.05, 4.69) is 10.1 Å². The zero-order valence-corrected chi connectivity index (χ0v) is 16.3. The van der Waals surface area contributed by atoms with Crippen LogP contribution in [0.15, 0.2) is 16.7 Å². The van der Waals surface area contributed by atoms with Gasteiger partial charge in [-0.25, -0.2) is 8.42 Å². The van der Waals surface area contributed by atoms with Crippen molar-refractivity contribution in [3.63, 3.8) is 0 Å². The first kappa shape index (κ1) is 19.0. The van der Waals surface area contributed by atoms with Crippen molar-refractivity contribution in [3.8, 4) is 11.5 Å². The zero-order chi connectivity index (χ0) is 18.7. The van der Waals surface area contributed by atoms with Gasteiger partial charge in [-0.15, -0.1) is 0 Å². The van der Waals surface area contributed by atoms with Gasteiger partial charge in [0.2, 0.25) is 5.89 Å². The number of sulfone groups is 1. The second-order valence-electron chi connectivity index (χ2n) is 6.69. The van der Waals surface area contributed by atoms with E-state index in [9.17, 15) is 8.42 Å². The first-order valence-corrected chi connectivity index (χ1v) is 10.6. The van der Waals surface area contributed by atoms with E-state index in [0.29, 0.717) is 53.5 Å². The number of aromatic nitrogens is 2. The molecular formula is C17H21ClN2O5S. The van der Waals surface area contributed by atoms with E-state index in [-0.39, 0.29) is 17.3 Å². The van der Waals surface area contributed by atoms with Crippen LogP contribution >= 0.6 is 11.6 Å². The van der Waals surface area contributed by atoms with E-state index < -0.39 is 9.84 Å². The highest BCUT2D eigenvalue weighted by molar-refractivity contribution is 7.89. The Labute approximate surface area is 157 Å². The fourth-order valence-corrected chi connectivity index (χ4v) is 4.23. The van der Waals surface area contributed by atoms with Crippen molar-refractivity contribution < 1.29 is 22.4 Å². The minimum atomic E-state index is -3.50. The summed E-state index contributed by atoms with van der Waals surface area (Å²) < 4.78 is 41.3. The monoisotopic (exact) mass is 400 g/mol. The Morgan fingerprint density at radius 2 is 1.96 bits per heavy atom. The van der Waals surface area contributed by atoms with Crippen LogP contribution in [0.4, 0.5) is 0 Å². The molecule has 2 aromatic rings. The molecule has 1 aliphatic heterocycles. The molecule has 9 heteroatoms. The molecule has 26 heavy (non-hydrogen) atoms. The number of fused-ring (bicyclic) bond motifs is 1. The lowest BCUT2D eigenvalue weighted by Gasteiger charge is -2.11. The van der Waals surface area contributed by atoms with Gasteiger partial charge >= 0.3 is 0 Å². The quantitative estimate of drug-likeness (QED) is 0.735. The van der Waals surface area contributed by atoms with Crippen molar-refractivity contribution in [1.29, 1.82) is 0 Å². The fourth-order valence-electron chi connectivity index (χ4n) is 2.65. The predicted octanol–water partition coefficient (Wildman–Crippen LogP) is 3.20. The largest absolute Gasteiger partial charge is 0.489 e. The molecule has 0 amide bonds. The SMILES string of the molecule is CC(C)Cc1nc(CS(=O)(=O)Cc2cc(Cl)c3c(c2)OCCCO3)no1. The third kappa shape index (κ3) is 4.88. The molecule has 3 rings (SSSR count). The summed E-state index contributed by atoms with van der Waals surface area (Å²) in [4.78, 5) is 4.15. The molecule has 142 valence electrons. The maximum Gasteiger partial charge on any atom is 0.226 e. The van der Waals surface area contributed by atoms with Crippen LogP contribution in [0.5, 0.6) is 11.5 Å². The summed E-state index contributed by atoms with van der Waals surface area (Å²) in [5.74, 6) is 1.41. The predicted molar refractivity (Wildman–Crippen MR) is 96.2 cm³/mol. The first-order valence-electron chi connectivity index (χ1n) is 8.42. The Hall–Kier alpha value is -1.80. The molecule has 1 aromatic heterocycles. The lowest BCUT2D eigenvalue weighted by molar-refractivity contribution is 0.297. The molecule has 0 bridgehead atoms. The van der Waals surface area contributed by atoms with Crippen molar-refractivity contribution in [2.45, 2.75) is 38.2 Å². The molecule has 0 atom stereocenters. The maximum atomic E-state index is 12.5. The molecule has 0 unspecified atom stereocenters. The van der Waals surface area contributed by atoms with Crippen molar-refractivity contribution in [1.82, 2.24) is 10.1 Å². The van der Waals surface area contributed by atoms with Gasteiger partial charge in [0.1, 0.15) is 5.75 Å². The van der Waals surface area contributed by atoms with Crippen LogP contribution in [-0.4, -0.2) is 31.8 Å². The molecule has 0 saturated heterocycles. The Balaban J connectivity index is 1.74. The molecule has 1 aliphatic rings.